The van der Waals surface area contributed by atoms with E-state index in [0.717, 1.165) is 31.1 Å². The minimum atomic E-state index is -0.235. The van der Waals surface area contributed by atoms with Gasteiger partial charge in [-0.25, -0.2) is 4.39 Å². The van der Waals surface area contributed by atoms with Crippen LogP contribution in [0.15, 0.2) is 18.5 Å². The summed E-state index contributed by atoms with van der Waals surface area (Å²) in [6.07, 6.45) is 6.98. The van der Waals surface area contributed by atoms with E-state index in [2.05, 4.69) is 29.0 Å². The normalized spacial score (nSPS) is 28.5. The number of halogens is 1. The molecule has 3 nitrogen and oxygen atoms in total. The molecule has 1 aliphatic heterocycles. The van der Waals surface area contributed by atoms with Gasteiger partial charge in [-0.2, -0.15) is 0 Å². The van der Waals surface area contributed by atoms with Gasteiger partial charge in [0.1, 0.15) is 5.82 Å². The molecule has 1 N–H and O–H groups in total. The third-order valence-electron chi connectivity index (χ3n) is 5.13. The summed E-state index contributed by atoms with van der Waals surface area (Å²) >= 11 is 0. The molecule has 0 spiro atoms. The minimum Gasteiger partial charge on any atom is -0.311 e. The molecule has 1 saturated heterocycles. The van der Waals surface area contributed by atoms with Gasteiger partial charge in [-0.15, -0.1) is 0 Å². The molecule has 2 fully saturated rings. The van der Waals surface area contributed by atoms with Crippen molar-refractivity contribution in [1.29, 1.82) is 0 Å². The molecule has 1 aromatic rings. The van der Waals surface area contributed by atoms with Crippen molar-refractivity contribution in [3.8, 4) is 0 Å². The number of rotatable bonds is 5. The molecule has 2 heterocycles. The van der Waals surface area contributed by atoms with Gasteiger partial charge in [0, 0.05) is 37.9 Å². The zero-order valence-corrected chi connectivity index (χ0v) is 13.1. The van der Waals surface area contributed by atoms with Gasteiger partial charge in [0.2, 0.25) is 0 Å². The van der Waals surface area contributed by atoms with Crippen LogP contribution in [0.25, 0.3) is 0 Å². The lowest BCUT2D eigenvalue weighted by molar-refractivity contribution is 0.0785. The zero-order chi connectivity index (χ0) is 14.8. The lowest BCUT2D eigenvalue weighted by Gasteiger charge is -2.43. The van der Waals surface area contributed by atoms with Crippen molar-refractivity contribution in [3.05, 3.63) is 29.8 Å². The molecule has 1 aromatic heterocycles. The summed E-state index contributed by atoms with van der Waals surface area (Å²) in [7, 11) is 0. The summed E-state index contributed by atoms with van der Waals surface area (Å²) in [6, 6.07) is 2.77. The van der Waals surface area contributed by atoms with Crippen molar-refractivity contribution in [1.82, 2.24) is 15.2 Å². The molecule has 4 heteroatoms. The van der Waals surface area contributed by atoms with E-state index in [1.165, 1.54) is 25.5 Å². The van der Waals surface area contributed by atoms with Gasteiger partial charge in [0.05, 0.1) is 6.20 Å². The van der Waals surface area contributed by atoms with Crippen LogP contribution < -0.4 is 5.32 Å². The average Bonchev–Trinajstić information content (AvgIpc) is 3.31. The fourth-order valence-corrected chi connectivity index (χ4v) is 3.46. The maximum atomic E-state index is 13.4. The first-order valence-electron chi connectivity index (χ1n) is 8.24. The number of hydrogen-bond acceptors (Lipinski definition) is 3. The summed E-state index contributed by atoms with van der Waals surface area (Å²) in [5.74, 6) is 1.27. The highest BCUT2D eigenvalue weighted by Gasteiger charge is 2.38. The lowest BCUT2D eigenvalue weighted by Crippen LogP contribution is -2.58. The molecule has 1 aliphatic carbocycles. The molecule has 0 bridgehead atoms. The number of piperazine rings is 1. The smallest absolute Gasteiger partial charge is 0.141 e. The summed E-state index contributed by atoms with van der Waals surface area (Å²) in [5.41, 5.74) is 0.986. The highest BCUT2D eigenvalue weighted by Crippen LogP contribution is 2.35. The van der Waals surface area contributed by atoms with Crippen molar-refractivity contribution in [3.63, 3.8) is 0 Å². The molecule has 3 rings (SSSR count). The molecular formula is C17H26FN3. The molecule has 2 aliphatic rings. The second-order valence-electron chi connectivity index (χ2n) is 6.75. The van der Waals surface area contributed by atoms with Crippen molar-refractivity contribution >= 4 is 0 Å². The molecule has 3 unspecified atom stereocenters. The largest absolute Gasteiger partial charge is 0.311 e. The maximum Gasteiger partial charge on any atom is 0.141 e. The molecule has 0 radical (unpaired) electrons. The maximum absolute atomic E-state index is 13.4. The van der Waals surface area contributed by atoms with Crippen molar-refractivity contribution < 1.29 is 4.39 Å². The molecule has 1 saturated carbocycles. The summed E-state index contributed by atoms with van der Waals surface area (Å²) in [6.45, 7) is 7.51. The Labute approximate surface area is 126 Å². The van der Waals surface area contributed by atoms with Crippen molar-refractivity contribution in [2.75, 3.05) is 13.1 Å². The predicted molar refractivity (Wildman–Crippen MR) is 82.4 cm³/mol. The SMILES string of the molecule is CCC(C)C1CNC(C2CC2)CN1Cc1cncc(F)c1. The van der Waals surface area contributed by atoms with E-state index in [1.54, 1.807) is 12.3 Å². The second-order valence-corrected chi connectivity index (χ2v) is 6.75. The first kappa shape index (κ1) is 14.9. The number of pyridine rings is 1. The van der Waals surface area contributed by atoms with E-state index in [1.807, 2.05) is 0 Å². The first-order chi connectivity index (χ1) is 10.2. The van der Waals surface area contributed by atoms with Crippen molar-refractivity contribution in [2.45, 2.75) is 51.7 Å². The quantitative estimate of drug-likeness (QED) is 0.904. The summed E-state index contributed by atoms with van der Waals surface area (Å²) in [5, 5.41) is 3.74. The minimum absolute atomic E-state index is 0.235. The third-order valence-corrected chi connectivity index (χ3v) is 5.13. The van der Waals surface area contributed by atoms with Gasteiger partial charge in [0.25, 0.3) is 0 Å². The molecule has 0 amide bonds. The van der Waals surface area contributed by atoms with E-state index in [4.69, 9.17) is 0 Å². The van der Waals surface area contributed by atoms with Gasteiger partial charge in [-0.3, -0.25) is 9.88 Å². The fraction of sp³-hybridized carbons (Fsp3) is 0.706. The fourth-order valence-electron chi connectivity index (χ4n) is 3.46. The summed E-state index contributed by atoms with van der Waals surface area (Å²) < 4.78 is 13.4. The van der Waals surface area contributed by atoms with Crippen LogP contribution in [0, 0.1) is 17.7 Å². The van der Waals surface area contributed by atoms with Crippen LogP contribution in [0.3, 0.4) is 0 Å². The Balaban J connectivity index is 1.72. The Bertz CT molecular complexity index is 475. The van der Waals surface area contributed by atoms with E-state index in [0.29, 0.717) is 18.0 Å². The van der Waals surface area contributed by atoms with E-state index >= 15 is 0 Å². The number of nitrogens with one attached hydrogen (secondary N) is 1. The second kappa shape index (κ2) is 6.41. The van der Waals surface area contributed by atoms with Crippen LogP contribution in [0.2, 0.25) is 0 Å². The third kappa shape index (κ3) is 3.61. The van der Waals surface area contributed by atoms with E-state index in [-0.39, 0.29) is 5.82 Å². The number of hydrogen-bond donors (Lipinski definition) is 1. The van der Waals surface area contributed by atoms with E-state index < -0.39 is 0 Å². The molecule has 21 heavy (non-hydrogen) atoms. The number of aromatic nitrogens is 1. The molecule has 116 valence electrons. The Hall–Kier alpha value is -1.00. The molecule has 0 aromatic carbocycles. The molecular weight excluding hydrogens is 265 g/mol. The predicted octanol–water partition coefficient (Wildman–Crippen LogP) is 2.82. The molecule has 3 atom stereocenters. The van der Waals surface area contributed by atoms with Gasteiger partial charge < -0.3 is 5.32 Å². The van der Waals surface area contributed by atoms with Crippen molar-refractivity contribution in [2.24, 2.45) is 11.8 Å². The lowest BCUT2D eigenvalue weighted by atomic mass is 9.93. The van der Waals surface area contributed by atoms with Crippen LogP contribution in [-0.2, 0) is 6.54 Å². The van der Waals surface area contributed by atoms with Gasteiger partial charge >= 0.3 is 0 Å². The van der Waals surface area contributed by atoms with Crippen LogP contribution in [0.5, 0.6) is 0 Å². The highest BCUT2D eigenvalue weighted by molar-refractivity contribution is 5.11. The van der Waals surface area contributed by atoms with Crippen LogP contribution in [0.1, 0.15) is 38.7 Å². The van der Waals surface area contributed by atoms with Gasteiger partial charge in [-0.1, -0.05) is 20.3 Å². The Kier molecular flexibility index (Phi) is 4.55. The van der Waals surface area contributed by atoms with Crippen LogP contribution >= 0.6 is 0 Å². The Morgan fingerprint density at radius 2 is 2.24 bits per heavy atom. The zero-order valence-electron chi connectivity index (χ0n) is 13.1. The topological polar surface area (TPSA) is 28.2 Å². The van der Waals surface area contributed by atoms with E-state index in [9.17, 15) is 4.39 Å². The highest BCUT2D eigenvalue weighted by atomic mass is 19.1. The average molecular weight is 291 g/mol. The standard InChI is InChI=1S/C17H26FN3/c1-3-12(2)17-9-20-16(14-4-5-14)11-21(17)10-13-6-15(18)8-19-7-13/h6-8,12,14,16-17,20H,3-5,9-11H2,1-2H3. The Morgan fingerprint density at radius 3 is 2.90 bits per heavy atom. The van der Waals surface area contributed by atoms with Gasteiger partial charge in [0.15, 0.2) is 0 Å². The number of nitrogens with zero attached hydrogens (tertiary/aromatic N) is 2. The van der Waals surface area contributed by atoms with Gasteiger partial charge in [-0.05, 0) is 36.3 Å². The van der Waals surface area contributed by atoms with Crippen LogP contribution in [-0.4, -0.2) is 35.1 Å². The Morgan fingerprint density at radius 1 is 1.43 bits per heavy atom. The first-order valence-corrected chi connectivity index (χ1v) is 8.24. The summed E-state index contributed by atoms with van der Waals surface area (Å²) in [4.78, 5) is 6.53. The monoisotopic (exact) mass is 291 g/mol. The van der Waals surface area contributed by atoms with Crippen LogP contribution in [0.4, 0.5) is 4.39 Å².